The van der Waals surface area contributed by atoms with Crippen LogP contribution in [-0.4, -0.2) is 34.2 Å². The molecule has 5 nitrogen and oxygen atoms in total. The van der Waals surface area contributed by atoms with Crippen molar-refractivity contribution in [3.8, 4) is 0 Å². The zero-order chi connectivity index (χ0) is 14.8. The summed E-state index contributed by atoms with van der Waals surface area (Å²) in [6, 6.07) is 6.11. The van der Waals surface area contributed by atoms with Crippen molar-refractivity contribution in [2.45, 2.75) is 13.1 Å². The van der Waals surface area contributed by atoms with Crippen molar-refractivity contribution >= 4 is 43.9 Å². The molecule has 3 aromatic rings. The van der Waals surface area contributed by atoms with Gasteiger partial charge >= 0.3 is 0 Å². The zero-order valence-electron chi connectivity index (χ0n) is 11.9. The topological polar surface area (TPSA) is 56.8 Å². The first-order chi connectivity index (χ1) is 10.1. The van der Waals surface area contributed by atoms with Gasteiger partial charge in [-0.05, 0) is 48.2 Å². The Morgan fingerprint density at radius 2 is 2.24 bits per heavy atom. The van der Waals surface area contributed by atoms with E-state index in [0.29, 0.717) is 0 Å². The number of thiazole rings is 1. The molecule has 110 valence electrons. The molecule has 7 heteroatoms. The molecule has 0 atom stereocenters. The van der Waals surface area contributed by atoms with Gasteiger partial charge in [0.1, 0.15) is 9.61 Å². The highest BCUT2D eigenvalue weighted by Gasteiger charge is 2.05. The number of aromatic nitrogens is 3. The number of nitrogens with zero attached hydrogens (tertiary/aromatic N) is 3. The molecule has 0 aliphatic heterocycles. The van der Waals surface area contributed by atoms with Crippen LogP contribution in [0, 0.1) is 0 Å². The van der Waals surface area contributed by atoms with Crippen molar-refractivity contribution in [1.29, 1.82) is 0 Å². The summed E-state index contributed by atoms with van der Waals surface area (Å²) in [5, 5.41) is 12.7. The molecule has 0 amide bonds. The standard InChI is InChI=1S/C14H16BrN5S/c1-20(2)8-10-6-17-13(21-10)7-16-9-3-4-12-11(5-9)14(15)19-18-12/h3-6,16H,7-8H2,1-2H3,(H,18,19). The molecule has 2 heterocycles. The minimum absolute atomic E-state index is 0.735. The third kappa shape index (κ3) is 3.42. The van der Waals surface area contributed by atoms with Gasteiger partial charge in [0.05, 0.1) is 12.1 Å². The van der Waals surface area contributed by atoms with Crippen molar-refractivity contribution < 1.29 is 0 Å². The normalized spacial score (nSPS) is 11.4. The number of hydrogen-bond acceptors (Lipinski definition) is 5. The largest absolute Gasteiger partial charge is 0.379 e. The Labute approximate surface area is 135 Å². The number of benzene rings is 1. The molecule has 0 aliphatic rings. The van der Waals surface area contributed by atoms with Crippen LogP contribution in [0.25, 0.3) is 10.9 Å². The van der Waals surface area contributed by atoms with Gasteiger partial charge in [0.15, 0.2) is 0 Å². The predicted octanol–water partition coefficient (Wildman–Crippen LogP) is 3.46. The minimum Gasteiger partial charge on any atom is -0.379 e. The number of aromatic amines is 1. The molecule has 2 aromatic heterocycles. The highest BCUT2D eigenvalue weighted by Crippen LogP contribution is 2.24. The molecule has 0 spiro atoms. The molecule has 0 bridgehead atoms. The van der Waals surface area contributed by atoms with Crippen molar-refractivity contribution in [2.24, 2.45) is 0 Å². The van der Waals surface area contributed by atoms with Gasteiger partial charge in [-0.2, -0.15) is 5.10 Å². The van der Waals surface area contributed by atoms with Gasteiger partial charge in [0, 0.05) is 28.7 Å². The van der Waals surface area contributed by atoms with Crippen LogP contribution < -0.4 is 5.32 Å². The highest BCUT2D eigenvalue weighted by molar-refractivity contribution is 9.10. The molecule has 0 aliphatic carbocycles. The number of halogens is 1. The molecule has 0 saturated carbocycles. The Bertz CT molecular complexity index is 749. The Morgan fingerprint density at radius 1 is 1.38 bits per heavy atom. The van der Waals surface area contributed by atoms with E-state index in [1.807, 2.05) is 18.3 Å². The van der Waals surface area contributed by atoms with E-state index in [9.17, 15) is 0 Å². The minimum atomic E-state index is 0.735. The molecule has 0 saturated heterocycles. The van der Waals surface area contributed by atoms with Gasteiger partial charge in [-0.25, -0.2) is 4.98 Å². The van der Waals surface area contributed by atoms with Gasteiger partial charge in [0.2, 0.25) is 0 Å². The fraction of sp³-hybridized carbons (Fsp3) is 0.286. The zero-order valence-corrected chi connectivity index (χ0v) is 14.3. The van der Waals surface area contributed by atoms with E-state index in [2.05, 4.69) is 61.5 Å². The second-order valence-corrected chi connectivity index (χ2v) is 7.07. The van der Waals surface area contributed by atoms with E-state index in [4.69, 9.17) is 0 Å². The molecule has 0 unspecified atom stereocenters. The molecule has 2 N–H and O–H groups in total. The number of hydrogen-bond donors (Lipinski definition) is 2. The average Bonchev–Trinajstić information content (AvgIpc) is 3.03. The molecule has 0 fully saturated rings. The van der Waals surface area contributed by atoms with Crippen molar-refractivity contribution in [3.05, 3.63) is 38.9 Å². The van der Waals surface area contributed by atoms with E-state index in [0.717, 1.165) is 39.3 Å². The molecule has 3 rings (SSSR count). The third-order valence-electron chi connectivity index (χ3n) is 3.02. The summed E-state index contributed by atoms with van der Waals surface area (Å²) in [6.45, 7) is 1.67. The summed E-state index contributed by atoms with van der Waals surface area (Å²) in [5.41, 5.74) is 2.02. The van der Waals surface area contributed by atoms with Gasteiger partial charge in [-0.1, -0.05) is 0 Å². The smallest absolute Gasteiger partial charge is 0.112 e. The summed E-state index contributed by atoms with van der Waals surface area (Å²) >= 11 is 5.21. The van der Waals surface area contributed by atoms with E-state index in [1.165, 1.54) is 4.88 Å². The van der Waals surface area contributed by atoms with E-state index in [1.54, 1.807) is 11.3 Å². The molecule has 1 aromatic carbocycles. The Hall–Kier alpha value is -1.44. The van der Waals surface area contributed by atoms with Crippen LogP contribution >= 0.6 is 27.3 Å². The summed E-state index contributed by atoms with van der Waals surface area (Å²) in [6.07, 6.45) is 1.96. The third-order valence-corrected chi connectivity index (χ3v) is 4.61. The Balaban J connectivity index is 1.68. The van der Waals surface area contributed by atoms with Gasteiger partial charge in [-0.15, -0.1) is 11.3 Å². The second-order valence-electron chi connectivity index (χ2n) is 5.08. The van der Waals surface area contributed by atoms with Crippen LogP contribution in [0.2, 0.25) is 0 Å². The number of anilines is 1. The molecule has 21 heavy (non-hydrogen) atoms. The van der Waals surface area contributed by atoms with Crippen LogP contribution in [0.15, 0.2) is 29.0 Å². The van der Waals surface area contributed by atoms with Crippen LogP contribution in [-0.2, 0) is 13.1 Å². The lowest BCUT2D eigenvalue weighted by molar-refractivity contribution is 0.406. The number of fused-ring (bicyclic) bond motifs is 1. The van der Waals surface area contributed by atoms with Crippen LogP contribution in [0.3, 0.4) is 0 Å². The first-order valence-electron chi connectivity index (χ1n) is 6.57. The second kappa shape index (κ2) is 6.13. The summed E-state index contributed by atoms with van der Waals surface area (Å²) in [7, 11) is 4.13. The fourth-order valence-electron chi connectivity index (χ4n) is 2.08. The summed E-state index contributed by atoms with van der Waals surface area (Å²) in [4.78, 5) is 7.89. The monoisotopic (exact) mass is 365 g/mol. The Morgan fingerprint density at radius 3 is 3.05 bits per heavy atom. The van der Waals surface area contributed by atoms with Gasteiger partial charge < -0.3 is 10.2 Å². The maximum atomic E-state index is 4.46. The maximum absolute atomic E-state index is 4.46. The van der Waals surface area contributed by atoms with E-state index in [-0.39, 0.29) is 0 Å². The molecular formula is C14H16BrN5S. The van der Waals surface area contributed by atoms with Gasteiger partial charge in [0.25, 0.3) is 0 Å². The summed E-state index contributed by atoms with van der Waals surface area (Å²) < 4.78 is 0.906. The lowest BCUT2D eigenvalue weighted by Gasteiger charge is -2.06. The van der Waals surface area contributed by atoms with Crippen LogP contribution in [0.4, 0.5) is 5.69 Å². The van der Waals surface area contributed by atoms with E-state index >= 15 is 0 Å². The fourth-order valence-corrected chi connectivity index (χ4v) is 3.47. The lowest BCUT2D eigenvalue weighted by Crippen LogP contribution is -2.09. The Kier molecular flexibility index (Phi) is 4.23. The molecule has 0 radical (unpaired) electrons. The first kappa shape index (κ1) is 14.5. The predicted molar refractivity (Wildman–Crippen MR) is 90.6 cm³/mol. The van der Waals surface area contributed by atoms with Crippen molar-refractivity contribution in [1.82, 2.24) is 20.1 Å². The van der Waals surface area contributed by atoms with Crippen molar-refractivity contribution in [3.63, 3.8) is 0 Å². The number of H-pyrrole nitrogens is 1. The average molecular weight is 366 g/mol. The molecular weight excluding hydrogens is 350 g/mol. The highest BCUT2D eigenvalue weighted by atomic mass is 79.9. The van der Waals surface area contributed by atoms with Crippen LogP contribution in [0.5, 0.6) is 0 Å². The van der Waals surface area contributed by atoms with E-state index < -0.39 is 0 Å². The SMILES string of the molecule is CN(C)Cc1cnc(CNc2ccc3n[nH]c(Br)c3c2)s1. The van der Waals surface area contributed by atoms with Crippen LogP contribution in [0.1, 0.15) is 9.88 Å². The number of nitrogens with one attached hydrogen (secondary N) is 2. The number of rotatable bonds is 5. The first-order valence-corrected chi connectivity index (χ1v) is 8.18. The lowest BCUT2D eigenvalue weighted by atomic mass is 10.2. The maximum Gasteiger partial charge on any atom is 0.112 e. The van der Waals surface area contributed by atoms with Crippen molar-refractivity contribution in [2.75, 3.05) is 19.4 Å². The van der Waals surface area contributed by atoms with Gasteiger partial charge in [-0.3, -0.25) is 5.10 Å². The summed E-state index contributed by atoms with van der Waals surface area (Å²) in [5.74, 6) is 0. The quantitative estimate of drug-likeness (QED) is 0.726.